The lowest BCUT2D eigenvalue weighted by Gasteiger charge is -2.32. The van der Waals surface area contributed by atoms with Crippen molar-refractivity contribution in [2.75, 3.05) is 0 Å². The fraction of sp³-hybridized carbons (Fsp3) is 0.500. The van der Waals surface area contributed by atoms with E-state index in [0.717, 1.165) is 0 Å². The zero-order chi connectivity index (χ0) is 20.7. The van der Waals surface area contributed by atoms with Crippen molar-refractivity contribution in [3.05, 3.63) is 51.9 Å². The Morgan fingerprint density at radius 2 is 1.89 bits per heavy atom. The van der Waals surface area contributed by atoms with Crippen molar-refractivity contribution < 1.29 is 18.5 Å². The van der Waals surface area contributed by atoms with Gasteiger partial charge in [-0.3, -0.25) is 9.59 Å². The number of nitrogens with zero attached hydrogens (tertiary/aromatic N) is 1. The van der Waals surface area contributed by atoms with Gasteiger partial charge < -0.3 is 19.2 Å². The first-order chi connectivity index (χ1) is 13.0. The predicted octanol–water partition coefficient (Wildman–Crippen LogP) is 2.18. The molecule has 3 rings (SSSR count). The summed E-state index contributed by atoms with van der Waals surface area (Å²) in [5.74, 6) is -0.791. The summed E-state index contributed by atoms with van der Waals surface area (Å²) in [6, 6.07) is 3.10. The van der Waals surface area contributed by atoms with Crippen molar-refractivity contribution in [3.63, 3.8) is 0 Å². The molecule has 1 aliphatic carbocycles. The predicted molar refractivity (Wildman–Crippen MR) is 106 cm³/mol. The Labute approximate surface area is 164 Å². The first kappa shape index (κ1) is 20.5. The van der Waals surface area contributed by atoms with Gasteiger partial charge in [-0.15, -0.1) is 0 Å². The Balaban J connectivity index is 1.86. The average molecular weight is 388 g/mol. The standard InChI is InChI=1S/C20H26BFN2O4/c1-13(25)23-16-8-6-7-14(18(16)22)11-24-12-15(9-10-17(24)26)21-27-19(2,3)20(4,5)28-21/h7,9-10,12H,6,8,11H2,1-5H3,(H,23,25). The molecule has 0 saturated carbocycles. The molecule has 0 atom stereocenters. The van der Waals surface area contributed by atoms with Crippen molar-refractivity contribution in [2.45, 2.75) is 65.2 Å². The van der Waals surface area contributed by atoms with Gasteiger partial charge in [0.2, 0.25) is 5.91 Å². The first-order valence-electron chi connectivity index (χ1n) is 9.42. The van der Waals surface area contributed by atoms with Crippen LogP contribution in [0.5, 0.6) is 0 Å². The van der Waals surface area contributed by atoms with E-state index in [1.807, 2.05) is 27.7 Å². The summed E-state index contributed by atoms with van der Waals surface area (Å²) in [5.41, 5.74) is 0.101. The molecule has 1 fully saturated rings. The van der Waals surface area contributed by atoms with Crippen LogP contribution >= 0.6 is 0 Å². The number of carbonyl (C=O) groups is 1. The molecule has 1 aromatic rings. The second kappa shape index (κ2) is 7.33. The Morgan fingerprint density at radius 1 is 1.25 bits per heavy atom. The van der Waals surface area contributed by atoms with Gasteiger partial charge in [0, 0.05) is 24.8 Å². The quantitative estimate of drug-likeness (QED) is 0.803. The van der Waals surface area contributed by atoms with Crippen LogP contribution in [0, 0.1) is 0 Å². The van der Waals surface area contributed by atoms with Crippen LogP contribution in [0.25, 0.3) is 0 Å². The average Bonchev–Trinajstić information content (AvgIpc) is 2.80. The van der Waals surface area contributed by atoms with Crippen LogP contribution in [0.2, 0.25) is 0 Å². The zero-order valence-electron chi connectivity index (χ0n) is 17.0. The van der Waals surface area contributed by atoms with Gasteiger partial charge in [0.15, 0.2) is 0 Å². The minimum atomic E-state index is -0.604. The SMILES string of the molecule is CC(=O)NC1=C(F)C(Cn2cc(B3OC(C)(C)C(C)(C)O3)ccc2=O)=CCC1. The normalized spacial score (nSPS) is 20.9. The molecule has 1 amide bonds. The molecule has 2 heterocycles. The van der Waals surface area contributed by atoms with E-state index in [1.165, 1.54) is 17.6 Å². The summed E-state index contributed by atoms with van der Waals surface area (Å²) in [6.07, 6.45) is 4.43. The number of amides is 1. The first-order valence-corrected chi connectivity index (χ1v) is 9.42. The lowest BCUT2D eigenvalue weighted by molar-refractivity contribution is -0.118. The minimum Gasteiger partial charge on any atom is -0.399 e. The Kier molecular flexibility index (Phi) is 5.38. The molecular formula is C20H26BFN2O4. The Hall–Kier alpha value is -2.19. The van der Waals surface area contributed by atoms with Crippen molar-refractivity contribution in [2.24, 2.45) is 0 Å². The van der Waals surface area contributed by atoms with Gasteiger partial charge in [-0.25, -0.2) is 4.39 Å². The molecule has 1 saturated heterocycles. The number of hydrogen-bond donors (Lipinski definition) is 1. The van der Waals surface area contributed by atoms with E-state index < -0.39 is 24.1 Å². The summed E-state index contributed by atoms with van der Waals surface area (Å²) >= 11 is 0. The number of carbonyl (C=O) groups excluding carboxylic acids is 1. The van der Waals surface area contributed by atoms with Crippen LogP contribution in [0.15, 0.2) is 46.3 Å². The Morgan fingerprint density at radius 3 is 2.50 bits per heavy atom. The second-order valence-corrected chi connectivity index (χ2v) is 8.26. The van der Waals surface area contributed by atoms with E-state index in [-0.39, 0.29) is 23.7 Å². The number of halogens is 1. The van der Waals surface area contributed by atoms with Crippen molar-refractivity contribution >= 4 is 18.5 Å². The number of pyridine rings is 1. The summed E-state index contributed by atoms with van der Waals surface area (Å²) in [7, 11) is -0.604. The lowest BCUT2D eigenvalue weighted by atomic mass is 9.80. The third kappa shape index (κ3) is 3.98. The molecule has 1 aromatic heterocycles. The maximum Gasteiger partial charge on any atom is 0.496 e. The van der Waals surface area contributed by atoms with Crippen molar-refractivity contribution in [1.82, 2.24) is 9.88 Å². The van der Waals surface area contributed by atoms with Crippen LogP contribution in [0.1, 0.15) is 47.5 Å². The van der Waals surface area contributed by atoms with E-state index in [9.17, 15) is 14.0 Å². The van der Waals surface area contributed by atoms with Gasteiger partial charge in [0.1, 0.15) is 5.83 Å². The second-order valence-electron chi connectivity index (χ2n) is 8.26. The van der Waals surface area contributed by atoms with Crippen LogP contribution < -0.4 is 16.3 Å². The van der Waals surface area contributed by atoms with Crippen molar-refractivity contribution in [1.29, 1.82) is 0 Å². The maximum atomic E-state index is 14.7. The van der Waals surface area contributed by atoms with Gasteiger partial charge in [-0.05, 0) is 46.0 Å². The molecule has 28 heavy (non-hydrogen) atoms. The van der Waals surface area contributed by atoms with E-state index in [0.29, 0.717) is 23.9 Å². The lowest BCUT2D eigenvalue weighted by Crippen LogP contribution is -2.41. The van der Waals surface area contributed by atoms with Gasteiger partial charge in [-0.2, -0.15) is 0 Å². The van der Waals surface area contributed by atoms with Crippen LogP contribution in [-0.2, 0) is 20.6 Å². The zero-order valence-corrected chi connectivity index (χ0v) is 17.0. The highest BCUT2D eigenvalue weighted by atomic mass is 19.1. The number of allylic oxidation sites excluding steroid dienone is 4. The number of rotatable bonds is 4. The molecule has 0 radical (unpaired) electrons. The summed E-state index contributed by atoms with van der Waals surface area (Å²) in [4.78, 5) is 23.6. The molecule has 1 aliphatic heterocycles. The van der Waals surface area contributed by atoms with Crippen LogP contribution in [-0.4, -0.2) is 28.8 Å². The summed E-state index contributed by atoms with van der Waals surface area (Å²) in [6.45, 7) is 9.25. The summed E-state index contributed by atoms with van der Waals surface area (Å²) in [5, 5.41) is 2.53. The summed E-state index contributed by atoms with van der Waals surface area (Å²) < 4.78 is 28.2. The number of nitrogens with one attached hydrogen (secondary N) is 1. The maximum absolute atomic E-state index is 14.7. The Bertz CT molecular complexity index is 901. The highest BCUT2D eigenvalue weighted by Crippen LogP contribution is 2.36. The molecule has 1 N–H and O–H groups in total. The molecule has 0 unspecified atom stereocenters. The molecule has 0 bridgehead atoms. The highest BCUT2D eigenvalue weighted by Gasteiger charge is 2.51. The van der Waals surface area contributed by atoms with Gasteiger partial charge in [-0.1, -0.05) is 12.1 Å². The molecule has 2 aliphatic rings. The molecule has 8 heteroatoms. The number of hydrogen-bond acceptors (Lipinski definition) is 4. The molecule has 150 valence electrons. The van der Waals surface area contributed by atoms with Crippen LogP contribution in [0.4, 0.5) is 4.39 Å². The monoisotopic (exact) mass is 388 g/mol. The third-order valence-corrected chi connectivity index (χ3v) is 5.53. The van der Waals surface area contributed by atoms with Crippen molar-refractivity contribution in [3.8, 4) is 0 Å². The topological polar surface area (TPSA) is 69.6 Å². The molecule has 0 spiro atoms. The highest BCUT2D eigenvalue weighted by molar-refractivity contribution is 6.62. The van der Waals surface area contributed by atoms with E-state index >= 15 is 0 Å². The van der Waals surface area contributed by atoms with Crippen LogP contribution in [0.3, 0.4) is 0 Å². The third-order valence-electron chi connectivity index (χ3n) is 5.53. The van der Waals surface area contributed by atoms with Gasteiger partial charge >= 0.3 is 7.12 Å². The van der Waals surface area contributed by atoms with E-state index in [4.69, 9.17) is 9.31 Å². The molecular weight excluding hydrogens is 362 g/mol. The minimum absolute atomic E-state index is 0.0705. The largest absolute Gasteiger partial charge is 0.496 e. The van der Waals surface area contributed by atoms with E-state index in [2.05, 4.69) is 5.32 Å². The molecule has 0 aromatic carbocycles. The smallest absolute Gasteiger partial charge is 0.399 e. The van der Waals surface area contributed by atoms with Gasteiger partial charge in [0.25, 0.3) is 5.56 Å². The molecule has 6 nitrogen and oxygen atoms in total. The number of aromatic nitrogens is 1. The van der Waals surface area contributed by atoms with E-state index in [1.54, 1.807) is 18.3 Å². The fourth-order valence-corrected chi connectivity index (χ4v) is 3.22. The fourth-order valence-electron chi connectivity index (χ4n) is 3.22. The van der Waals surface area contributed by atoms with Gasteiger partial charge in [0.05, 0.1) is 23.4 Å².